The summed E-state index contributed by atoms with van der Waals surface area (Å²) in [4.78, 5) is 24.1. The van der Waals surface area contributed by atoms with Gasteiger partial charge in [0.05, 0.1) is 6.20 Å². The lowest BCUT2D eigenvalue weighted by molar-refractivity contribution is 0.710. The van der Waals surface area contributed by atoms with Gasteiger partial charge in [-0.25, -0.2) is 4.98 Å². The molecule has 7 heteroatoms. The number of nitrogens with one attached hydrogen (secondary N) is 1. The van der Waals surface area contributed by atoms with Gasteiger partial charge in [0.25, 0.3) is 0 Å². The Balaban J connectivity index is 1.60. The largest absolute Gasteiger partial charge is 0.339 e. The molecule has 0 aliphatic heterocycles. The number of imidazole rings is 1. The Hall–Kier alpha value is -3.61. The SMILES string of the molecule is O=NC1CCc2cc(Nc3c(-c4cccnc4)nc4cnccn34)ccc21. The summed E-state index contributed by atoms with van der Waals surface area (Å²) in [5, 5.41) is 6.72. The molecule has 3 heterocycles. The van der Waals surface area contributed by atoms with E-state index < -0.39 is 0 Å². The molecular weight excluding hydrogens is 340 g/mol. The maximum atomic E-state index is 11.0. The highest BCUT2D eigenvalue weighted by atomic mass is 16.3. The molecule has 5 rings (SSSR count). The second kappa shape index (κ2) is 6.28. The fourth-order valence-electron chi connectivity index (χ4n) is 3.65. The first-order chi connectivity index (χ1) is 13.3. The van der Waals surface area contributed by atoms with Gasteiger partial charge in [0, 0.05) is 36.0 Å². The number of nitrogens with zero attached hydrogens (tertiary/aromatic N) is 5. The molecule has 0 saturated carbocycles. The summed E-state index contributed by atoms with van der Waals surface area (Å²) < 4.78 is 1.97. The second-order valence-electron chi connectivity index (χ2n) is 6.55. The Labute approximate surface area is 155 Å². The van der Waals surface area contributed by atoms with Gasteiger partial charge in [-0.2, -0.15) is 4.91 Å². The summed E-state index contributed by atoms with van der Waals surface area (Å²) in [6.07, 6.45) is 10.5. The molecule has 0 spiro atoms. The van der Waals surface area contributed by atoms with Crippen molar-refractivity contribution in [3.63, 3.8) is 0 Å². The van der Waals surface area contributed by atoms with Crippen molar-refractivity contribution in [1.82, 2.24) is 19.4 Å². The Morgan fingerprint density at radius 2 is 2.07 bits per heavy atom. The normalized spacial score (nSPS) is 15.6. The zero-order valence-corrected chi connectivity index (χ0v) is 14.4. The molecule has 0 saturated heterocycles. The van der Waals surface area contributed by atoms with Crippen molar-refractivity contribution in [2.75, 3.05) is 5.32 Å². The van der Waals surface area contributed by atoms with E-state index in [-0.39, 0.29) is 6.04 Å². The molecule has 1 N–H and O–H groups in total. The molecule has 4 aromatic rings. The van der Waals surface area contributed by atoms with Crippen LogP contribution in [-0.2, 0) is 6.42 Å². The van der Waals surface area contributed by atoms with Gasteiger partial charge in [-0.3, -0.25) is 14.4 Å². The van der Waals surface area contributed by atoms with E-state index >= 15 is 0 Å². The van der Waals surface area contributed by atoms with Gasteiger partial charge >= 0.3 is 0 Å². The number of anilines is 2. The van der Waals surface area contributed by atoms with E-state index in [1.807, 2.05) is 34.9 Å². The average Bonchev–Trinajstić information content (AvgIpc) is 3.30. The number of fused-ring (bicyclic) bond motifs is 2. The Bertz CT molecular complexity index is 1140. The number of nitroso groups, excluding NO2 is 1. The maximum Gasteiger partial charge on any atom is 0.157 e. The number of benzene rings is 1. The summed E-state index contributed by atoms with van der Waals surface area (Å²) in [5.41, 5.74) is 5.64. The standard InChI is InChI=1S/C20H16N6O/c27-25-17-6-3-13-10-15(4-5-16(13)17)23-20-19(14-2-1-7-21-11-14)24-18-12-22-8-9-26(18)20/h1-2,4-5,7-12,17,23H,3,6H2. The average molecular weight is 356 g/mol. The summed E-state index contributed by atoms with van der Waals surface area (Å²) in [5.74, 6) is 0.850. The molecule has 132 valence electrons. The molecule has 1 atom stereocenters. The van der Waals surface area contributed by atoms with Crippen LogP contribution in [0.5, 0.6) is 0 Å². The Morgan fingerprint density at radius 1 is 1.15 bits per heavy atom. The number of aryl methyl sites for hydroxylation is 1. The van der Waals surface area contributed by atoms with Crippen LogP contribution in [0.3, 0.4) is 0 Å². The summed E-state index contributed by atoms with van der Waals surface area (Å²) in [7, 11) is 0. The summed E-state index contributed by atoms with van der Waals surface area (Å²) in [6.45, 7) is 0. The predicted octanol–water partition coefficient (Wildman–Crippen LogP) is 4.29. The van der Waals surface area contributed by atoms with Crippen LogP contribution in [0.1, 0.15) is 23.6 Å². The monoisotopic (exact) mass is 356 g/mol. The van der Waals surface area contributed by atoms with Gasteiger partial charge in [0.1, 0.15) is 17.6 Å². The fourth-order valence-corrected chi connectivity index (χ4v) is 3.65. The van der Waals surface area contributed by atoms with Crippen LogP contribution >= 0.6 is 0 Å². The fraction of sp³-hybridized carbons (Fsp3) is 0.150. The molecule has 1 aliphatic carbocycles. The van der Waals surface area contributed by atoms with E-state index in [1.54, 1.807) is 24.8 Å². The number of aromatic nitrogens is 4. The van der Waals surface area contributed by atoms with Gasteiger partial charge in [0.2, 0.25) is 0 Å². The smallest absolute Gasteiger partial charge is 0.157 e. The first-order valence-corrected chi connectivity index (χ1v) is 8.78. The third-order valence-corrected chi connectivity index (χ3v) is 4.94. The van der Waals surface area contributed by atoms with E-state index in [1.165, 1.54) is 5.56 Å². The molecule has 27 heavy (non-hydrogen) atoms. The van der Waals surface area contributed by atoms with E-state index in [4.69, 9.17) is 4.98 Å². The predicted molar refractivity (Wildman–Crippen MR) is 103 cm³/mol. The van der Waals surface area contributed by atoms with Crippen LogP contribution in [-0.4, -0.2) is 19.4 Å². The van der Waals surface area contributed by atoms with Crippen molar-refractivity contribution in [1.29, 1.82) is 0 Å². The van der Waals surface area contributed by atoms with E-state index in [0.29, 0.717) is 0 Å². The van der Waals surface area contributed by atoms with Crippen LogP contribution in [0.25, 0.3) is 16.9 Å². The van der Waals surface area contributed by atoms with Gasteiger partial charge < -0.3 is 5.32 Å². The third kappa shape index (κ3) is 2.64. The van der Waals surface area contributed by atoms with Gasteiger partial charge in [-0.05, 0) is 48.2 Å². The lowest BCUT2D eigenvalue weighted by Crippen LogP contribution is -1.98. The van der Waals surface area contributed by atoms with Crippen molar-refractivity contribution < 1.29 is 0 Å². The molecule has 0 radical (unpaired) electrons. The molecule has 1 unspecified atom stereocenters. The highest BCUT2D eigenvalue weighted by Gasteiger charge is 2.23. The minimum absolute atomic E-state index is 0.220. The Morgan fingerprint density at radius 3 is 2.93 bits per heavy atom. The molecule has 0 amide bonds. The second-order valence-corrected chi connectivity index (χ2v) is 6.55. The van der Waals surface area contributed by atoms with Crippen LogP contribution in [0.4, 0.5) is 11.5 Å². The highest BCUT2D eigenvalue weighted by Crippen LogP contribution is 2.37. The molecule has 1 aromatic carbocycles. The molecule has 1 aliphatic rings. The molecular formula is C20H16N6O. The number of hydrogen-bond acceptors (Lipinski definition) is 6. The van der Waals surface area contributed by atoms with Crippen molar-refractivity contribution in [2.45, 2.75) is 18.9 Å². The number of hydrogen-bond donors (Lipinski definition) is 1. The lowest BCUT2D eigenvalue weighted by atomic mass is 10.1. The van der Waals surface area contributed by atoms with Gasteiger partial charge in [0.15, 0.2) is 5.65 Å². The highest BCUT2D eigenvalue weighted by molar-refractivity contribution is 5.79. The van der Waals surface area contributed by atoms with Crippen LogP contribution in [0.2, 0.25) is 0 Å². The molecule has 0 fully saturated rings. The zero-order valence-electron chi connectivity index (χ0n) is 14.4. The maximum absolute atomic E-state index is 11.0. The lowest BCUT2D eigenvalue weighted by Gasteiger charge is -2.11. The molecule has 3 aromatic heterocycles. The third-order valence-electron chi connectivity index (χ3n) is 4.94. The minimum Gasteiger partial charge on any atom is -0.339 e. The van der Waals surface area contributed by atoms with Crippen LogP contribution in [0.15, 0.2) is 66.5 Å². The van der Waals surface area contributed by atoms with Crippen molar-refractivity contribution in [2.24, 2.45) is 5.18 Å². The van der Waals surface area contributed by atoms with E-state index in [0.717, 1.165) is 46.8 Å². The molecule has 7 nitrogen and oxygen atoms in total. The van der Waals surface area contributed by atoms with Crippen molar-refractivity contribution in [3.05, 3.63) is 77.4 Å². The first kappa shape index (κ1) is 15.6. The molecule has 0 bridgehead atoms. The summed E-state index contributed by atoms with van der Waals surface area (Å²) >= 11 is 0. The zero-order chi connectivity index (χ0) is 18.2. The topological polar surface area (TPSA) is 84.5 Å². The Kier molecular flexibility index (Phi) is 3.64. The van der Waals surface area contributed by atoms with Crippen molar-refractivity contribution in [3.8, 4) is 11.3 Å². The number of rotatable bonds is 4. The summed E-state index contributed by atoms with van der Waals surface area (Å²) in [6, 6.07) is 9.72. The van der Waals surface area contributed by atoms with Crippen LogP contribution < -0.4 is 5.32 Å². The van der Waals surface area contributed by atoms with Gasteiger partial charge in [-0.1, -0.05) is 11.2 Å². The number of pyridine rings is 1. The quantitative estimate of drug-likeness (QED) is 0.551. The van der Waals surface area contributed by atoms with E-state index in [2.05, 4.69) is 26.5 Å². The van der Waals surface area contributed by atoms with Crippen LogP contribution in [0, 0.1) is 4.91 Å². The van der Waals surface area contributed by atoms with Crippen molar-refractivity contribution >= 4 is 17.2 Å². The minimum atomic E-state index is -0.220. The van der Waals surface area contributed by atoms with E-state index in [9.17, 15) is 4.91 Å². The van der Waals surface area contributed by atoms with Gasteiger partial charge in [-0.15, -0.1) is 0 Å². The first-order valence-electron chi connectivity index (χ1n) is 8.78.